The summed E-state index contributed by atoms with van der Waals surface area (Å²) < 4.78 is 26.2. The third kappa shape index (κ3) is 2.09. The molecule has 0 fully saturated rings. The molecule has 0 radical (unpaired) electrons. The monoisotopic (exact) mass is 276 g/mol. The first-order valence-electron chi connectivity index (χ1n) is 5.83. The van der Waals surface area contributed by atoms with Crippen molar-refractivity contribution in [2.24, 2.45) is 0 Å². The van der Waals surface area contributed by atoms with Crippen LogP contribution in [0.5, 0.6) is 0 Å². The van der Waals surface area contributed by atoms with Crippen molar-refractivity contribution < 1.29 is 8.42 Å². The predicted molar refractivity (Wildman–Crippen MR) is 69.9 cm³/mol. The summed E-state index contributed by atoms with van der Waals surface area (Å²) in [5.41, 5.74) is 1.73. The van der Waals surface area contributed by atoms with Crippen molar-refractivity contribution in [3.8, 4) is 0 Å². The molecule has 0 saturated carbocycles. The molecule has 5 nitrogen and oxygen atoms in total. The lowest BCUT2D eigenvalue weighted by Crippen LogP contribution is -2.26. The van der Waals surface area contributed by atoms with Gasteiger partial charge in [-0.1, -0.05) is 24.3 Å². The van der Waals surface area contributed by atoms with Crippen LogP contribution in [0.1, 0.15) is 11.1 Å². The summed E-state index contributed by atoms with van der Waals surface area (Å²) >= 11 is 0. The Labute approximate surface area is 110 Å². The Morgan fingerprint density at radius 3 is 2.16 bits per heavy atom. The van der Waals surface area contributed by atoms with E-state index < -0.39 is 10.0 Å². The first kappa shape index (κ1) is 12.1. The molecule has 1 aromatic heterocycles. The van der Waals surface area contributed by atoms with E-state index >= 15 is 0 Å². The van der Waals surface area contributed by atoms with E-state index in [0.717, 1.165) is 11.1 Å². The van der Waals surface area contributed by atoms with Crippen LogP contribution in [0.15, 0.2) is 52.3 Å². The Morgan fingerprint density at radius 1 is 1.00 bits per heavy atom. The zero-order valence-electron chi connectivity index (χ0n) is 10.0. The average molecular weight is 276 g/mol. The molecule has 0 spiro atoms. The summed E-state index contributed by atoms with van der Waals surface area (Å²) in [6.07, 6.45) is 1.24. The predicted octanol–water partition coefficient (Wildman–Crippen LogP) is 1.08. The molecular weight excluding hydrogens is 264 g/mol. The lowest BCUT2D eigenvalue weighted by molar-refractivity contribution is 0.431. The summed E-state index contributed by atoms with van der Waals surface area (Å²) in [7, 11) is -3.56. The Balaban J connectivity index is 1.96. The molecule has 2 heterocycles. The number of benzene rings is 1. The van der Waals surface area contributed by atoms with Crippen LogP contribution >= 0.6 is 0 Å². The van der Waals surface area contributed by atoms with E-state index in [-0.39, 0.29) is 10.5 Å². The minimum Gasteiger partial charge on any atom is -0.328 e. The molecule has 1 aliphatic heterocycles. The van der Waals surface area contributed by atoms with Gasteiger partial charge in [0.25, 0.3) is 0 Å². The van der Waals surface area contributed by atoms with E-state index in [4.69, 9.17) is 0 Å². The Morgan fingerprint density at radius 2 is 1.63 bits per heavy atom. The third-order valence-electron chi connectivity index (χ3n) is 3.21. The van der Waals surface area contributed by atoms with Crippen molar-refractivity contribution in [1.82, 2.24) is 9.29 Å². The Kier molecular flexibility index (Phi) is 2.76. The van der Waals surface area contributed by atoms with Crippen LogP contribution in [-0.4, -0.2) is 17.7 Å². The van der Waals surface area contributed by atoms with Crippen LogP contribution < -0.4 is 5.56 Å². The Hall–Kier alpha value is -1.92. The second-order valence-electron chi connectivity index (χ2n) is 4.43. The zero-order chi connectivity index (χ0) is 13.5. The van der Waals surface area contributed by atoms with E-state index in [9.17, 15) is 13.2 Å². The molecule has 0 aliphatic carbocycles. The van der Waals surface area contributed by atoms with Crippen molar-refractivity contribution in [3.63, 3.8) is 0 Å². The summed E-state index contributed by atoms with van der Waals surface area (Å²) in [5, 5.41) is 0. The topological polar surface area (TPSA) is 70.2 Å². The first-order chi connectivity index (χ1) is 9.07. The molecule has 0 amide bonds. The molecule has 1 aromatic carbocycles. The first-order valence-corrected chi connectivity index (χ1v) is 7.27. The highest BCUT2D eigenvalue weighted by molar-refractivity contribution is 7.89. The number of sulfonamides is 1. The SMILES string of the molecule is O=c1ccc(S(=O)(=O)N2Cc3ccccc3C2)c[nH]1. The molecule has 98 valence electrons. The molecule has 2 aromatic rings. The van der Waals surface area contributed by atoms with Crippen molar-refractivity contribution in [3.05, 3.63) is 64.1 Å². The van der Waals surface area contributed by atoms with Gasteiger partial charge in [-0.25, -0.2) is 8.42 Å². The molecule has 0 atom stereocenters. The quantitative estimate of drug-likeness (QED) is 0.892. The van der Waals surface area contributed by atoms with Crippen LogP contribution in [0, 0.1) is 0 Å². The fourth-order valence-corrected chi connectivity index (χ4v) is 3.54. The van der Waals surface area contributed by atoms with Crippen molar-refractivity contribution >= 4 is 10.0 Å². The van der Waals surface area contributed by atoms with Gasteiger partial charge in [-0.15, -0.1) is 0 Å². The summed E-state index contributed by atoms with van der Waals surface area (Å²) in [6.45, 7) is 0.745. The maximum absolute atomic E-state index is 12.4. The van der Waals surface area contributed by atoms with Gasteiger partial charge >= 0.3 is 0 Å². The van der Waals surface area contributed by atoms with Crippen molar-refractivity contribution in [1.29, 1.82) is 0 Å². The molecule has 0 unspecified atom stereocenters. The van der Waals surface area contributed by atoms with E-state index in [0.29, 0.717) is 13.1 Å². The van der Waals surface area contributed by atoms with Crippen LogP contribution in [0.2, 0.25) is 0 Å². The number of hydrogen-bond donors (Lipinski definition) is 1. The highest BCUT2D eigenvalue weighted by atomic mass is 32.2. The van der Waals surface area contributed by atoms with Gasteiger partial charge in [0.15, 0.2) is 0 Å². The van der Waals surface area contributed by atoms with Gasteiger partial charge in [0, 0.05) is 25.4 Å². The van der Waals surface area contributed by atoms with E-state index in [1.54, 1.807) is 0 Å². The molecule has 19 heavy (non-hydrogen) atoms. The van der Waals surface area contributed by atoms with Crippen LogP contribution in [-0.2, 0) is 23.1 Å². The number of nitrogens with zero attached hydrogens (tertiary/aromatic N) is 1. The summed E-state index contributed by atoms with van der Waals surface area (Å²) in [6, 6.07) is 10.2. The second-order valence-corrected chi connectivity index (χ2v) is 6.37. The maximum atomic E-state index is 12.4. The molecule has 1 N–H and O–H groups in total. The largest absolute Gasteiger partial charge is 0.328 e. The van der Waals surface area contributed by atoms with Gasteiger partial charge in [-0.05, 0) is 17.2 Å². The van der Waals surface area contributed by atoms with Crippen molar-refractivity contribution in [2.75, 3.05) is 0 Å². The van der Waals surface area contributed by atoms with Gasteiger partial charge in [0.05, 0.1) is 4.90 Å². The van der Waals surface area contributed by atoms with Gasteiger partial charge < -0.3 is 4.98 Å². The number of rotatable bonds is 2. The molecule has 3 rings (SSSR count). The zero-order valence-corrected chi connectivity index (χ0v) is 10.9. The number of pyridine rings is 1. The number of fused-ring (bicyclic) bond motifs is 1. The van der Waals surface area contributed by atoms with E-state index in [1.807, 2.05) is 24.3 Å². The van der Waals surface area contributed by atoms with Gasteiger partial charge in [-0.2, -0.15) is 4.31 Å². The number of aromatic amines is 1. The smallest absolute Gasteiger partial charge is 0.247 e. The van der Waals surface area contributed by atoms with Crippen LogP contribution in [0.25, 0.3) is 0 Å². The summed E-state index contributed by atoms with van der Waals surface area (Å²) in [4.78, 5) is 13.5. The Bertz CT molecular complexity index is 735. The lowest BCUT2D eigenvalue weighted by atomic mass is 10.1. The molecule has 6 heteroatoms. The van der Waals surface area contributed by atoms with Crippen molar-refractivity contribution in [2.45, 2.75) is 18.0 Å². The van der Waals surface area contributed by atoms with Crippen LogP contribution in [0.3, 0.4) is 0 Å². The fraction of sp³-hybridized carbons (Fsp3) is 0.154. The number of nitrogens with one attached hydrogen (secondary N) is 1. The highest BCUT2D eigenvalue weighted by Gasteiger charge is 2.30. The molecule has 0 bridgehead atoms. The number of aromatic nitrogens is 1. The fourth-order valence-electron chi connectivity index (χ4n) is 2.18. The lowest BCUT2D eigenvalue weighted by Gasteiger charge is -2.15. The van der Waals surface area contributed by atoms with Gasteiger partial charge in [0.1, 0.15) is 0 Å². The van der Waals surface area contributed by atoms with E-state index in [2.05, 4.69) is 4.98 Å². The minimum absolute atomic E-state index is 0.111. The highest BCUT2D eigenvalue weighted by Crippen LogP contribution is 2.27. The van der Waals surface area contributed by atoms with E-state index in [1.165, 1.54) is 22.6 Å². The second kappa shape index (κ2) is 4.32. The third-order valence-corrected chi connectivity index (χ3v) is 4.99. The molecule has 0 saturated heterocycles. The maximum Gasteiger partial charge on any atom is 0.247 e. The number of hydrogen-bond acceptors (Lipinski definition) is 3. The normalized spacial score (nSPS) is 15.4. The van der Waals surface area contributed by atoms with Crippen LogP contribution in [0.4, 0.5) is 0 Å². The summed E-state index contributed by atoms with van der Waals surface area (Å²) in [5.74, 6) is 0. The number of H-pyrrole nitrogens is 1. The average Bonchev–Trinajstić information content (AvgIpc) is 2.83. The van der Waals surface area contributed by atoms with Gasteiger partial charge in [0.2, 0.25) is 15.6 Å². The minimum atomic E-state index is -3.56. The molecular formula is C13H12N2O3S. The standard InChI is InChI=1S/C13H12N2O3S/c16-13-6-5-12(7-14-13)19(17,18)15-8-10-3-1-2-4-11(10)9-15/h1-7H,8-9H2,(H,14,16). The molecule has 1 aliphatic rings. The van der Waals surface area contributed by atoms with Gasteiger partial charge in [-0.3, -0.25) is 4.79 Å².